The average Bonchev–Trinajstić information content (AvgIpc) is 2.17. The van der Waals surface area contributed by atoms with Crippen LogP contribution >= 0.6 is 0 Å². The monoisotopic (exact) mass is 211 g/mol. The van der Waals surface area contributed by atoms with Gasteiger partial charge in [-0.05, 0) is 39.8 Å². The minimum atomic E-state index is -0.0560. The molecule has 15 heavy (non-hydrogen) atoms. The van der Waals surface area contributed by atoms with Crippen molar-refractivity contribution in [3.05, 3.63) is 0 Å². The molecule has 1 heterocycles. The summed E-state index contributed by atoms with van der Waals surface area (Å²) in [5.41, 5.74) is -0.0560. The molecule has 0 aromatic heterocycles. The highest BCUT2D eigenvalue weighted by atomic mass is 16.1. The van der Waals surface area contributed by atoms with Crippen molar-refractivity contribution >= 4 is 5.78 Å². The van der Waals surface area contributed by atoms with Crippen LogP contribution in [0.3, 0.4) is 0 Å². The maximum absolute atomic E-state index is 12.1. The van der Waals surface area contributed by atoms with Gasteiger partial charge >= 0.3 is 0 Å². The third-order valence-electron chi connectivity index (χ3n) is 3.75. The number of likely N-dealkylation sites (tertiary alicyclic amines) is 1. The first-order chi connectivity index (χ1) is 6.87. The van der Waals surface area contributed by atoms with E-state index < -0.39 is 0 Å². The first kappa shape index (κ1) is 12.7. The van der Waals surface area contributed by atoms with Gasteiger partial charge in [-0.15, -0.1) is 0 Å². The smallest absolute Gasteiger partial charge is 0.141 e. The first-order valence-electron chi connectivity index (χ1n) is 6.15. The molecule has 1 rings (SSSR count). The molecule has 1 saturated heterocycles. The van der Waals surface area contributed by atoms with E-state index in [1.165, 1.54) is 0 Å². The van der Waals surface area contributed by atoms with Crippen molar-refractivity contribution in [1.82, 2.24) is 4.90 Å². The highest BCUT2D eigenvalue weighted by molar-refractivity contribution is 5.86. The topological polar surface area (TPSA) is 20.3 Å². The predicted molar refractivity (Wildman–Crippen MR) is 63.9 cm³/mol. The standard InChI is InChI=1S/C13H25NO/c1-10(2)12(15)13(5)6-8-14(9-7-13)11(3)4/h10-11H,6-9H2,1-5H3. The molecule has 0 aliphatic carbocycles. The molecule has 0 unspecified atom stereocenters. The molecule has 0 aromatic rings. The van der Waals surface area contributed by atoms with Crippen LogP contribution in [0.15, 0.2) is 0 Å². The van der Waals surface area contributed by atoms with Gasteiger partial charge in [0.2, 0.25) is 0 Å². The molecule has 0 atom stereocenters. The van der Waals surface area contributed by atoms with E-state index in [-0.39, 0.29) is 11.3 Å². The van der Waals surface area contributed by atoms with E-state index in [2.05, 4.69) is 25.7 Å². The number of hydrogen-bond acceptors (Lipinski definition) is 2. The zero-order valence-corrected chi connectivity index (χ0v) is 10.8. The Hall–Kier alpha value is -0.370. The van der Waals surface area contributed by atoms with Crippen LogP contribution in [-0.2, 0) is 4.79 Å². The Bertz CT molecular complexity index is 225. The highest BCUT2D eigenvalue weighted by Gasteiger charge is 2.37. The lowest BCUT2D eigenvalue weighted by Gasteiger charge is -2.40. The van der Waals surface area contributed by atoms with Crippen molar-refractivity contribution in [3.8, 4) is 0 Å². The summed E-state index contributed by atoms with van der Waals surface area (Å²) < 4.78 is 0. The van der Waals surface area contributed by atoms with Crippen LogP contribution in [0.2, 0.25) is 0 Å². The Labute approximate surface area is 94.0 Å². The van der Waals surface area contributed by atoms with E-state index in [1.807, 2.05) is 13.8 Å². The van der Waals surface area contributed by atoms with Gasteiger partial charge in [0.05, 0.1) is 0 Å². The fourth-order valence-corrected chi connectivity index (χ4v) is 2.48. The molecule has 0 saturated carbocycles. The molecule has 0 radical (unpaired) electrons. The van der Waals surface area contributed by atoms with Crippen LogP contribution in [-0.4, -0.2) is 29.8 Å². The van der Waals surface area contributed by atoms with Crippen molar-refractivity contribution in [2.24, 2.45) is 11.3 Å². The Morgan fingerprint density at radius 2 is 1.60 bits per heavy atom. The molecule has 0 spiro atoms. The lowest BCUT2D eigenvalue weighted by Crippen LogP contribution is -2.46. The molecule has 2 heteroatoms. The fraction of sp³-hybridized carbons (Fsp3) is 0.923. The molecule has 1 aliphatic heterocycles. The summed E-state index contributed by atoms with van der Waals surface area (Å²) in [5.74, 6) is 0.631. The van der Waals surface area contributed by atoms with Crippen LogP contribution in [0.5, 0.6) is 0 Å². The van der Waals surface area contributed by atoms with E-state index in [0.29, 0.717) is 11.8 Å². The summed E-state index contributed by atoms with van der Waals surface area (Å²) in [6, 6.07) is 0.615. The molecular weight excluding hydrogens is 186 g/mol. The number of nitrogens with zero attached hydrogens (tertiary/aromatic N) is 1. The Balaban J connectivity index is 2.58. The van der Waals surface area contributed by atoms with Crippen LogP contribution in [0.1, 0.15) is 47.5 Å². The largest absolute Gasteiger partial charge is 0.301 e. The SMILES string of the molecule is CC(C)C(=O)C1(C)CCN(C(C)C)CC1. The molecule has 1 fully saturated rings. The minimum absolute atomic E-state index is 0.0560. The molecular formula is C13H25NO. The maximum Gasteiger partial charge on any atom is 0.141 e. The fourth-order valence-electron chi connectivity index (χ4n) is 2.48. The van der Waals surface area contributed by atoms with Gasteiger partial charge in [-0.1, -0.05) is 20.8 Å². The minimum Gasteiger partial charge on any atom is -0.301 e. The van der Waals surface area contributed by atoms with Gasteiger partial charge in [-0.25, -0.2) is 0 Å². The Kier molecular flexibility index (Phi) is 3.93. The third kappa shape index (κ3) is 2.81. The van der Waals surface area contributed by atoms with Crippen molar-refractivity contribution in [2.45, 2.75) is 53.5 Å². The maximum atomic E-state index is 12.1. The molecule has 1 aliphatic rings. The molecule has 0 bridgehead atoms. The predicted octanol–water partition coefficient (Wildman–Crippen LogP) is 2.72. The second-order valence-corrected chi connectivity index (χ2v) is 5.71. The zero-order chi connectivity index (χ0) is 11.6. The van der Waals surface area contributed by atoms with Gasteiger partial charge in [0.1, 0.15) is 5.78 Å². The second-order valence-electron chi connectivity index (χ2n) is 5.71. The van der Waals surface area contributed by atoms with Gasteiger partial charge in [-0.3, -0.25) is 4.79 Å². The van der Waals surface area contributed by atoms with E-state index in [4.69, 9.17) is 0 Å². The van der Waals surface area contributed by atoms with Crippen LogP contribution in [0.25, 0.3) is 0 Å². The summed E-state index contributed by atoms with van der Waals surface area (Å²) >= 11 is 0. The molecule has 0 N–H and O–H groups in total. The highest BCUT2D eigenvalue weighted by Crippen LogP contribution is 2.34. The molecule has 0 amide bonds. The molecule has 0 aromatic carbocycles. The summed E-state index contributed by atoms with van der Waals surface area (Å²) in [6.07, 6.45) is 2.06. The van der Waals surface area contributed by atoms with E-state index in [0.717, 1.165) is 25.9 Å². The number of piperidine rings is 1. The van der Waals surface area contributed by atoms with Crippen molar-refractivity contribution < 1.29 is 4.79 Å². The normalized spacial score (nSPS) is 22.3. The Morgan fingerprint density at radius 3 is 1.93 bits per heavy atom. The van der Waals surface area contributed by atoms with Gasteiger partial charge in [0.25, 0.3) is 0 Å². The van der Waals surface area contributed by atoms with Crippen molar-refractivity contribution in [1.29, 1.82) is 0 Å². The van der Waals surface area contributed by atoms with Gasteiger partial charge in [0.15, 0.2) is 0 Å². The number of Topliss-reactive ketones (excluding diaryl/α,β-unsaturated/α-hetero) is 1. The summed E-state index contributed by atoms with van der Waals surface area (Å²) in [6.45, 7) is 12.8. The summed E-state index contributed by atoms with van der Waals surface area (Å²) in [5, 5.41) is 0. The number of carbonyl (C=O) groups excluding carboxylic acids is 1. The first-order valence-corrected chi connectivity index (χ1v) is 6.15. The van der Waals surface area contributed by atoms with Crippen LogP contribution in [0.4, 0.5) is 0 Å². The van der Waals surface area contributed by atoms with Gasteiger partial charge in [-0.2, -0.15) is 0 Å². The average molecular weight is 211 g/mol. The van der Waals surface area contributed by atoms with Crippen LogP contribution < -0.4 is 0 Å². The number of hydrogen-bond donors (Lipinski definition) is 0. The number of ketones is 1. The summed E-state index contributed by atoms with van der Waals surface area (Å²) in [7, 11) is 0. The number of carbonyl (C=O) groups is 1. The van der Waals surface area contributed by atoms with E-state index in [9.17, 15) is 4.79 Å². The van der Waals surface area contributed by atoms with Crippen molar-refractivity contribution in [3.63, 3.8) is 0 Å². The van der Waals surface area contributed by atoms with Gasteiger partial charge in [0, 0.05) is 17.4 Å². The quantitative estimate of drug-likeness (QED) is 0.715. The molecule has 88 valence electrons. The van der Waals surface area contributed by atoms with Gasteiger partial charge < -0.3 is 4.90 Å². The molecule has 2 nitrogen and oxygen atoms in total. The third-order valence-corrected chi connectivity index (χ3v) is 3.75. The van der Waals surface area contributed by atoms with E-state index >= 15 is 0 Å². The lowest BCUT2D eigenvalue weighted by molar-refractivity contribution is -0.133. The van der Waals surface area contributed by atoms with Crippen LogP contribution in [0, 0.1) is 11.3 Å². The second kappa shape index (κ2) is 4.65. The Morgan fingerprint density at radius 1 is 1.13 bits per heavy atom. The number of rotatable bonds is 3. The zero-order valence-electron chi connectivity index (χ0n) is 10.8. The lowest BCUT2D eigenvalue weighted by atomic mass is 9.73. The van der Waals surface area contributed by atoms with Crippen molar-refractivity contribution in [2.75, 3.05) is 13.1 Å². The summed E-state index contributed by atoms with van der Waals surface area (Å²) in [4.78, 5) is 14.5. The van der Waals surface area contributed by atoms with E-state index in [1.54, 1.807) is 0 Å².